The van der Waals surface area contributed by atoms with Crippen molar-refractivity contribution in [3.63, 3.8) is 0 Å². The van der Waals surface area contributed by atoms with Crippen LogP contribution in [-0.2, 0) is 20.1 Å². The predicted octanol–water partition coefficient (Wildman–Crippen LogP) is 1.53. The Labute approximate surface area is 116 Å². The van der Waals surface area contributed by atoms with E-state index in [0.717, 1.165) is 5.69 Å². The molecule has 0 fully saturated rings. The van der Waals surface area contributed by atoms with E-state index in [-0.39, 0.29) is 5.91 Å². The van der Waals surface area contributed by atoms with Gasteiger partial charge in [-0.1, -0.05) is 11.6 Å². The summed E-state index contributed by atoms with van der Waals surface area (Å²) in [6.45, 7) is 4.84. The van der Waals surface area contributed by atoms with Gasteiger partial charge in [-0.05, 0) is 13.8 Å². The zero-order valence-corrected chi connectivity index (χ0v) is 11.9. The van der Waals surface area contributed by atoms with Crippen LogP contribution < -0.4 is 5.32 Å². The van der Waals surface area contributed by atoms with Gasteiger partial charge in [-0.15, -0.1) is 0 Å². The third-order valence-electron chi connectivity index (χ3n) is 2.87. The van der Waals surface area contributed by atoms with Gasteiger partial charge in [0.1, 0.15) is 0 Å². The molecule has 0 unspecified atom stereocenters. The van der Waals surface area contributed by atoms with Gasteiger partial charge in [-0.2, -0.15) is 10.2 Å². The molecule has 0 bridgehead atoms. The first-order valence-corrected chi connectivity index (χ1v) is 6.39. The van der Waals surface area contributed by atoms with E-state index < -0.39 is 0 Å². The lowest BCUT2D eigenvalue weighted by Gasteiger charge is -2.07. The Morgan fingerprint density at radius 1 is 1.53 bits per heavy atom. The highest BCUT2D eigenvalue weighted by molar-refractivity contribution is 6.31. The molecule has 7 heteroatoms. The van der Waals surface area contributed by atoms with Crippen molar-refractivity contribution < 1.29 is 4.79 Å². The van der Waals surface area contributed by atoms with Crippen LogP contribution in [0.25, 0.3) is 0 Å². The molecule has 0 atom stereocenters. The molecule has 0 radical (unpaired) electrons. The van der Waals surface area contributed by atoms with Crippen LogP contribution in [-0.4, -0.2) is 25.5 Å². The Kier molecular flexibility index (Phi) is 3.90. The molecule has 19 heavy (non-hydrogen) atoms. The molecule has 0 aromatic carbocycles. The summed E-state index contributed by atoms with van der Waals surface area (Å²) in [5.41, 5.74) is 2.08. The maximum Gasteiger partial charge on any atom is 0.255 e. The zero-order valence-electron chi connectivity index (χ0n) is 11.1. The number of carbonyl (C=O) groups excluding carboxylic acids is 1. The Bertz CT molecular complexity index is 601. The smallest absolute Gasteiger partial charge is 0.255 e. The summed E-state index contributed by atoms with van der Waals surface area (Å²) >= 11 is 6.04. The minimum Gasteiger partial charge on any atom is -0.346 e. The summed E-state index contributed by atoms with van der Waals surface area (Å²) in [6.07, 6.45) is 3.28. The molecule has 2 heterocycles. The summed E-state index contributed by atoms with van der Waals surface area (Å²) in [6, 6.07) is 0. The van der Waals surface area contributed by atoms with E-state index in [1.54, 1.807) is 35.7 Å². The highest BCUT2D eigenvalue weighted by Crippen LogP contribution is 2.15. The monoisotopic (exact) mass is 281 g/mol. The summed E-state index contributed by atoms with van der Waals surface area (Å²) in [4.78, 5) is 12.0. The van der Waals surface area contributed by atoms with Gasteiger partial charge in [-0.3, -0.25) is 14.2 Å². The van der Waals surface area contributed by atoms with Crippen molar-refractivity contribution in [2.45, 2.75) is 26.9 Å². The lowest BCUT2D eigenvalue weighted by atomic mass is 10.2. The van der Waals surface area contributed by atoms with Crippen LogP contribution in [0.1, 0.15) is 28.7 Å². The number of nitrogens with one attached hydrogen (secondary N) is 1. The van der Waals surface area contributed by atoms with Gasteiger partial charge in [0.2, 0.25) is 0 Å². The van der Waals surface area contributed by atoms with Crippen molar-refractivity contribution in [1.82, 2.24) is 24.9 Å². The lowest BCUT2D eigenvalue weighted by Crippen LogP contribution is -2.24. The summed E-state index contributed by atoms with van der Waals surface area (Å²) in [5, 5.41) is 11.7. The summed E-state index contributed by atoms with van der Waals surface area (Å²) in [7, 11) is 1.78. The van der Waals surface area contributed by atoms with Crippen LogP contribution in [0.4, 0.5) is 0 Å². The van der Waals surface area contributed by atoms with E-state index in [2.05, 4.69) is 15.5 Å². The van der Waals surface area contributed by atoms with Crippen LogP contribution in [0, 0.1) is 6.92 Å². The molecule has 2 aromatic heterocycles. The predicted molar refractivity (Wildman–Crippen MR) is 72.0 cm³/mol. The van der Waals surface area contributed by atoms with Crippen LogP contribution in [0.2, 0.25) is 5.02 Å². The highest BCUT2D eigenvalue weighted by atomic mass is 35.5. The van der Waals surface area contributed by atoms with Crippen LogP contribution >= 0.6 is 11.6 Å². The molecule has 0 aliphatic carbocycles. The molecule has 1 amide bonds. The number of halogens is 1. The third kappa shape index (κ3) is 2.78. The number of aromatic nitrogens is 4. The fraction of sp³-hybridized carbons (Fsp3) is 0.417. The van der Waals surface area contributed by atoms with E-state index in [0.29, 0.717) is 29.4 Å². The molecule has 0 saturated heterocycles. The topological polar surface area (TPSA) is 64.7 Å². The van der Waals surface area contributed by atoms with Crippen molar-refractivity contribution in [2.75, 3.05) is 0 Å². The Morgan fingerprint density at radius 2 is 2.26 bits per heavy atom. The maximum absolute atomic E-state index is 12.0. The van der Waals surface area contributed by atoms with Gasteiger partial charge in [0, 0.05) is 19.8 Å². The molecule has 2 rings (SSSR count). The second-order valence-electron chi connectivity index (χ2n) is 4.24. The molecule has 0 aliphatic heterocycles. The van der Waals surface area contributed by atoms with Gasteiger partial charge in [0.15, 0.2) is 0 Å². The fourth-order valence-electron chi connectivity index (χ4n) is 1.92. The van der Waals surface area contributed by atoms with E-state index >= 15 is 0 Å². The second-order valence-corrected chi connectivity index (χ2v) is 4.65. The van der Waals surface area contributed by atoms with Gasteiger partial charge >= 0.3 is 0 Å². The largest absolute Gasteiger partial charge is 0.346 e. The van der Waals surface area contributed by atoms with Crippen LogP contribution in [0.5, 0.6) is 0 Å². The maximum atomic E-state index is 12.0. The highest BCUT2D eigenvalue weighted by Gasteiger charge is 2.14. The molecule has 0 saturated carbocycles. The molecular weight excluding hydrogens is 266 g/mol. The third-order valence-corrected chi connectivity index (χ3v) is 3.19. The SMILES string of the molecule is CCn1ncc(Cl)c1CNC(=O)c1cn(C)nc1C. The van der Waals surface area contributed by atoms with Crippen molar-refractivity contribution in [2.24, 2.45) is 7.05 Å². The minimum absolute atomic E-state index is 0.162. The average molecular weight is 282 g/mol. The fourth-order valence-corrected chi connectivity index (χ4v) is 2.13. The zero-order chi connectivity index (χ0) is 14.0. The van der Waals surface area contributed by atoms with E-state index in [1.165, 1.54) is 0 Å². The number of hydrogen-bond acceptors (Lipinski definition) is 3. The normalized spacial score (nSPS) is 10.7. The number of nitrogens with zero attached hydrogens (tertiary/aromatic N) is 4. The number of aryl methyl sites for hydroxylation is 3. The molecule has 2 aromatic rings. The Hall–Kier alpha value is -1.82. The van der Waals surface area contributed by atoms with E-state index in [4.69, 9.17) is 11.6 Å². The quantitative estimate of drug-likeness (QED) is 0.924. The standard InChI is InChI=1S/C12H16ClN5O/c1-4-18-11(10(13)5-15-18)6-14-12(19)9-7-17(3)16-8(9)2/h5,7H,4,6H2,1-3H3,(H,14,19). The van der Waals surface area contributed by atoms with Crippen LogP contribution in [0.15, 0.2) is 12.4 Å². The number of amides is 1. The first-order valence-electron chi connectivity index (χ1n) is 6.01. The molecule has 0 aliphatic rings. The van der Waals surface area contributed by atoms with E-state index in [9.17, 15) is 4.79 Å². The molecular formula is C12H16ClN5O. The summed E-state index contributed by atoms with van der Waals surface area (Å²) < 4.78 is 3.38. The van der Waals surface area contributed by atoms with Crippen LogP contribution in [0.3, 0.4) is 0 Å². The number of carbonyl (C=O) groups is 1. The first kappa shape index (κ1) is 13.6. The molecule has 6 nitrogen and oxygen atoms in total. The Morgan fingerprint density at radius 3 is 2.84 bits per heavy atom. The van der Waals surface area contributed by atoms with Gasteiger partial charge in [0.25, 0.3) is 5.91 Å². The average Bonchev–Trinajstić information content (AvgIpc) is 2.89. The summed E-state index contributed by atoms with van der Waals surface area (Å²) in [5.74, 6) is -0.162. The van der Waals surface area contributed by atoms with Gasteiger partial charge < -0.3 is 5.32 Å². The minimum atomic E-state index is -0.162. The molecule has 0 spiro atoms. The van der Waals surface area contributed by atoms with Crippen molar-refractivity contribution >= 4 is 17.5 Å². The molecule has 102 valence electrons. The second kappa shape index (κ2) is 5.44. The van der Waals surface area contributed by atoms with Gasteiger partial charge in [0.05, 0.1) is 34.7 Å². The number of hydrogen-bond donors (Lipinski definition) is 1. The van der Waals surface area contributed by atoms with Gasteiger partial charge in [-0.25, -0.2) is 0 Å². The van der Waals surface area contributed by atoms with Crippen molar-refractivity contribution in [3.8, 4) is 0 Å². The van der Waals surface area contributed by atoms with E-state index in [1.807, 2.05) is 6.92 Å². The molecule has 1 N–H and O–H groups in total. The lowest BCUT2D eigenvalue weighted by molar-refractivity contribution is 0.0949. The van der Waals surface area contributed by atoms with Crippen molar-refractivity contribution in [1.29, 1.82) is 0 Å². The Balaban J connectivity index is 2.08. The van der Waals surface area contributed by atoms with Crippen molar-refractivity contribution in [3.05, 3.63) is 34.4 Å². The number of rotatable bonds is 4. The first-order chi connectivity index (χ1) is 9.02.